The zero-order valence-electron chi connectivity index (χ0n) is 15.1. The summed E-state index contributed by atoms with van der Waals surface area (Å²) in [6.45, 7) is 7.22. The number of carbonyl (C=O) groups excluding carboxylic acids is 1. The number of hydrogen-bond acceptors (Lipinski definition) is 3. The molecule has 0 unspecified atom stereocenters. The third kappa shape index (κ3) is 4.63. The van der Waals surface area contributed by atoms with Crippen molar-refractivity contribution in [1.82, 2.24) is 9.88 Å². The molecule has 0 spiro atoms. The Morgan fingerprint density at radius 3 is 2.68 bits per heavy atom. The Hall–Kier alpha value is -1.81. The number of benzene rings is 1. The molecule has 1 aliphatic heterocycles. The molecule has 1 aliphatic rings. The summed E-state index contributed by atoms with van der Waals surface area (Å²) in [6.07, 6.45) is 4.53. The summed E-state index contributed by atoms with van der Waals surface area (Å²) < 4.78 is 5.46. The number of aromatic nitrogens is 1. The van der Waals surface area contributed by atoms with Crippen LogP contribution >= 0.6 is 11.6 Å². The molecule has 0 radical (unpaired) electrons. The van der Waals surface area contributed by atoms with Gasteiger partial charge in [-0.05, 0) is 69.0 Å². The third-order valence-corrected chi connectivity index (χ3v) is 4.87. The average Bonchev–Trinajstić information content (AvgIpc) is 2.55. The van der Waals surface area contributed by atoms with E-state index in [9.17, 15) is 4.79 Å². The second-order valence-corrected chi connectivity index (χ2v) is 8.13. The maximum atomic E-state index is 12.1. The molecular formula is C20H25ClN2O2. The van der Waals surface area contributed by atoms with Gasteiger partial charge < -0.3 is 9.64 Å². The van der Waals surface area contributed by atoms with Crippen molar-refractivity contribution in [2.45, 2.75) is 45.6 Å². The molecule has 2 aromatic rings. The van der Waals surface area contributed by atoms with Crippen LogP contribution in [-0.4, -0.2) is 34.7 Å². The van der Waals surface area contributed by atoms with Crippen LogP contribution in [0.2, 0.25) is 5.15 Å². The van der Waals surface area contributed by atoms with Crippen molar-refractivity contribution in [2.75, 3.05) is 13.1 Å². The Morgan fingerprint density at radius 1 is 1.28 bits per heavy atom. The SMILES string of the molecule is CC(C)(C)OC(=O)N1CCC(Cc2ccc3ccnc(Cl)c3c2)CC1. The van der Waals surface area contributed by atoms with Gasteiger partial charge in [0.05, 0.1) is 0 Å². The monoisotopic (exact) mass is 360 g/mol. The van der Waals surface area contributed by atoms with E-state index >= 15 is 0 Å². The van der Waals surface area contributed by atoms with Crippen molar-refractivity contribution in [3.05, 3.63) is 41.2 Å². The number of hydrogen-bond donors (Lipinski definition) is 0. The minimum Gasteiger partial charge on any atom is -0.444 e. The molecule has 4 nitrogen and oxygen atoms in total. The fourth-order valence-electron chi connectivity index (χ4n) is 3.29. The number of likely N-dealkylation sites (tertiary alicyclic amines) is 1. The first-order valence-corrected chi connectivity index (χ1v) is 9.21. The van der Waals surface area contributed by atoms with Gasteiger partial charge in [-0.1, -0.05) is 23.7 Å². The molecule has 0 atom stereocenters. The summed E-state index contributed by atoms with van der Waals surface area (Å²) in [6, 6.07) is 8.39. The van der Waals surface area contributed by atoms with E-state index in [1.54, 1.807) is 6.20 Å². The zero-order chi connectivity index (χ0) is 18.0. The number of ether oxygens (including phenoxy) is 1. The number of halogens is 1. The summed E-state index contributed by atoms with van der Waals surface area (Å²) in [5.41, 5.74) is 0.838. The van der Waals surface area contributed by atoms with Gasteiger partial charge in [-0.25, -0.2) is 9.78 Å². The summed E-state index contributed by atoms with van der Waals surface area (Å²) >= 11 is 6.21. The first-order valence-electron chi connectivity index (χ1n) is 8.83. The number of pyridine rings is 1. The lowest BCUT2D eigenvalue weighted by Gasteiger charge is -2.33. The largest absolute Gasteiger partial charge is 0.444 e. The number of amides is 1. The van der Waals surface area contributed by atoms with Crippen molar-refractivity contribution in [3.8, 4) is 0 Å². The van der Waals surface area contributed by atoms with Gasteiger partial charge in [-0.2, -0.15) is 0 Å². The van der Waals surface area contributed by atoms with Gasteiger partial charge in [-0.3, -0.25) is 0 Å². The molecule has 1 amide bonds. The van der Waals surface area contributed by atoms with Gasteiger partial charge in [0.15, 0.2) is 0 Å². The maximum Gasteiger partial charge on any atom is 0.410 e. The summed E-state index contributed by atoms with van der Waals surface area (Å²) in [7, 11) is 0. The molecule has 2 heterocycles. The molecule has 5 heteroatoms. The van der Waals surface area contributed by atoms with E-state index in [4.69, 9.17) is 16.3 Å². The van der Waals surface area contributed by atoms with E-state index in [1.165, 1.54) is 5.56 Å². The van der Waals surface area contributed by atoms with E-state index in [0.29, 0.717) is 11.1 Å². The van der Waals surface area contributed by atoms with Crippen LogP contribution in [0.3, 0.4) is 0 Å². The fraction of sp³-hybridized carbons (Fsp3) is 0.500. The molecule has 1 aromatic heterocycles. The van der Waals surface area contributed by atoms with Crippen molar-refractivity contribution in [3.63, 3.8) is 0 Å². The second-order valence-electron chi connectivity index (χ2n) is 7.77. The molecule has 134 valence electrons. The molecule has 0 N–H and O–H groups in total. The predicted octanol–water partition coefficient (Wildman–Crippen LogP) is 5.08. The van der Waals surface area contributed by atoms with Gasteiger partial charge in [0, 0.05) is 24.7 Å². The van der Waals surface area contributed by atoms with Gasteiger partial charge in [0.1, 0.15) is 10.8 Å². The number of fused-ring (bicyclic) bond motifs is 1. The molecule has 0 aliphatic carbocycles. The van der Waals surface area contributed by atoms with Crippen molar-refractivity contribution in [2.24, 2.45) is 5.92 Å². The fourth-order valence-corrected chi connectivity index (χ4v) is 3.51. The second kappa shape index (κ2) is 7.20. The van der Waals surface area contributed by atoms with E-state index in [2.05, 4.69) is 23.2 Å². The highest BCUT2D eigenvalue weighted by Gasteiger charge is 2.26. The Labute approximate surface area is 154 Å². The Bertz CT molecular complexity index is 762. The van der Waals surface area contributed by atoms with Gasteiger partial charge in [0.25, 0.3) is 0 Å². The van der Waals surface area contributed by atoms with E-state index < -0.39 is 5.60 Å². The molecule has 25 heavy (non-hydrogen) atoms. The lowest BCUT2D eigenvalue weighted by Crippen LogP contribution is -2.42. The van der Waals surface area contributed by atoms with Crippen LogP contribution in [0.15, 0.2) is 30.5 Å². The van der Waals surface area contributed by atoms with Crippen LogP contribution in [-0.2, 0) is 11.2 Å². The highest BCUT2D eigenvalue weighted by molar-refractivity contribution is 6.34. The lowest BCUT2D eigenvalue weighted by molar-refractivity contribution is 0.0184. The van der Waals surface area contributed by atoms with E-state index in [-0.39, 0.29) is 6.09 Å². The van der Waals surface area contributed by atoms with Crippen LogP contribution < -0.4 is 0 Å². The summed E-state index contributed by atoms with van der Waals surface area (Å²) in [5.74, 6) is 0.576. The van der Waals surface area contributed by atoms with Crippen LogP contribution in [0, 0.1) is 5.92 Å². The van der Waals surface area contributed by atoms with Crippen molar-refractivity contribution >= 4 is 28.5 Å². The Morgan fingerprint density at radius 2 is 2.00 bits per heavy atom. The Balaban J connectivity index is 1.59. The predicted molar refractivity (Wildman–Crippen MR) is 101 cm³/mol. The molecule has 0 saturated carbocycles. The molecule has 1 aromatic carbocycles. The zero-order valence-corrected chi connectivity index (χ0v) is 15.8. The van der Waals surface area contributed by atoms with Gasteiger partial charge in [0.2, 0.25) is 0 Å². The summed E-state index contributed by atoms with van der Waals surface area (Å²) in [5, 5.41) is 2.68. The third-order valence-electron chi connectivity index (χ3n) is 4.57. The van der Waals surface area contributed by atoms with Crippen molar-refractivity contribution in [1.29, 1.82) is 0 Å². The minimum absolute atomic E-state index is 0.200. The quantitative estimate of drug-likeness (QED) is 0.701. The first-order chi connectivity index (χ1) is 11.8. The van der Waals surface area contributed by atoms with E-state index in [0.717, 1.165) is 43.1 Å². The molecular weight excluding hydrogens is 336 g/mol. The number of piperidine rings is 1. The molecule has 0 bridgehead atoms. The summed E-state index contributed by atoms with van der Waals surface area (Å²) in [4.78, 5) is 18.1. The number of carbonyl (C=O) groups is 1. The molecule has 3 rings (SSSR count). The molecule has 1 saturated heterocycles. The highest BCUT2D eigenvalue weighted by Crippen LogP contribution is 2.27. The number of nitrogens with zero attached hydrogens (tertiary/aromatic N) is 2. The minimum atomic E-state index is -0.438. The first kappa shape index (κ1) is 18.0. The van der Waals surface area contributed by atoms with E-state index in [1.807, 2.05) is 31.7 Å². The van der Waals surface area contributed by atoms with Gasteiger partial charge >= 0.3 is 6.09 Å². The van der Waals surface area contributed by atoms with Crippen LogP contribution in [0.25, 0.3) is 10.8 Å². The maximum absolute atomic E-state index is 12.1. The van der Waals surface area contributed by atoms with Crippen LogP contribution in [0.1, 0.15) is 39.2 Å². The van der Waals surface area contributed by atoms with Gasteiger partial charge in [-0.15, -0.1) is 0 Å². The normalized spacial score (nSPS) is 16.2. The number of rotatable bonds is 2. The van der Waals surface area contributed by atoms with Crippen molar-refractivity contribution < 1.29 is 9.53 Å². The topological polar surface area (TPSA) is 42.4 Å². The Kier molecular flexibility index (Phi) is 5.19. The van der Waals surface area contributed by atoms with Crippen LogP contribution in [0.5, 0.6) is 0 Å². The standard InChI is InChI=1S/C20H25ClN2O2/c1-20(2,3)25-19(24)23-10-7-14(8-11-23)12-15-4-5-16-6-9-22-18(21)17(16)13-15/h4-6,9,13-14H,7-8,10-12H2,1-3H3. The van der Waals surface area contributed by atoms with Crippen LogP contribution in [0.4, 0.5) is 4.79 Å². The smallest absolute Gasteiger partial charge is 0.410 e. The highest BCUT2D eigenvalue weighted by atomic mass is 35.5. The lowest BCUT2D eigenvalue weighted by atomic mass is 9.90. The average molecular weight is 361 g/mol. The molecule has 1 fully saturated rings.